The highest BCUT2D eigenvalue weighted by Gasteiger charge is 2.13. The average molecular weight is 243 g/mol. The van der Waals surface area contributed by atoms with E-state index in [-0.39, 0.29) is 11.3 Å². The molecule has 0 radical (unpaired) electrons. The zero-order chi connectivity index (χ0) is 13.0. The highest BCUT2D eigenvalue weighted by Crippen LogP contribution is 2.21. The Morgan fingerprint density at radius 3 is 3.00 bits per heavy atom. The van der Waals surface area contributed by atoms with Gasteiger partial charge in [0, 0.05) is 24.1 Å². The van der Waals surface area contributed by atoms with Gasteiger partial charge in [0.2, 0.25) is 0 Å². The summed E-state index contributed by atoms with van der Waals surface area (Å²) >= 11 is 0. The molecular weight excluding hydrogens is 234 g/mol. The molecule has 0 aliphatic carbocycles. The summed E-state index contributed by atoms with van der Waals surface area (Å²) in [6.07, 6.45) is 3.33. The van der Waals surface area contributed by atoms with Crippen molar-refractivity contribution in [3.63, 3.8) is 0 Å². The molecule has 7 heteroatoms. The van der Waals surface area contributed by atoms with Crippen molar-refractivity contribution in [2.75, 3.05) is 5.32 Å². The van der Waals surface area contributed by atoms with Gasteiger partial charge in [-0.3, -0.25) is 10.1 Å². The Morgan fingerprint density at radius 1 is 1.56 bits per heavy atom. The monoisotopic (exact) mass is 243 g/mol. The minimum absolute atomic E-state index is 0.0319. The SMILES string of the molecule is N#Cc1cc(NCc2ncc[nH]2)ccc1[N+](=O)[O-]. The van der Waals surface area contributed by atoms with Crippen molar-refractivity contribution in [1.29, 1.82) is 5.26 Å². The molecule has 2 N–H and O–H groups in total. The van der Waals surface area contributed by atoms with Gasteiger partial charge in [-0.2, -0.15) is 5.26 Å². The summed E-state index contributed by atoms with van der Waals surface area (Å²) in [5, 5.41) is 22.5. The van der Waals surface area contributed by atoms with Crippen LogP contribution in [0, 0.1) is 21.4 Å². The maximum atomic E-state index is 10.7. The van der Waals surface area contributed by atoms with Crippen LogP contribution < -0.4 is 5.32 Å². The first-order chi connectivity index (χ1) is 8.70. The molecule has 7 nitrogen and oxygen atoms in total. The highest BCUT2D eigenvalue weighted by molar-refractivity contribution is 5.58. The van der Waals surface area contributed by atoms with Crippen LogP contribution in [0.5, 0.6) is 0 Å². The second kappa shape index (κ2) is 4.97. The predicted molar refractivity (Wildman–Crippen MR) is 63.7 cm³/mol. The summed E-state index contributed by atoms with van der Waals surface area (Å²) in [5.74, 6) is 0.742. The van der Waals surface area contributed by atoms with E-state index in [4.69, 9.17) is 5.26 Å². The number of hydrogen-bond acceptors (Lipinski definition) is 5. The van der Waals surface area contributed by atoms with Crippen LogP contribution in [0.4, 0.5) is 11.4 Å². The number of nitro benzene ring substituents is 1. The molecule has 0 aliphatic heterocycles. The Labute approximate surface area is 102 Å². The van der Waals surface area contributed by atoms with E-state index in [9.17, 15) is 10.1 Å². The van der Waals surface area contributed by atoms with Gasteiger partial charge in [0.05, 0.1) is 11.5 Å². The summed E-state index contributed by atoms with van der Waals surface area (Å²) in [6.45, 7) is 0.454. The van der Waals surface area contributed by atoms with Crippen LogP contribution in [0.1, 0.15) is 11.4 Å². The normalized spacial score (nSPS) is 9.72. The number of nitriles is 1. The number of nitrogens with one attached hydrogen (secondary N) is 2. The lowest BCUT2D eigenvalue weighted by atomic mass is 10.2. The maximum absolute atomic E-state index is 10.7. The number of aromatic amines is 1. The molecule has 0 spiro atoms. The summed E-state index contributed by atoms with van der Waals surface area (Å²) < 4.78 is 0. The number of imidazole rings is 1. The fourth-order valence-electron chi connectivity index (χ4n) is 1.48. The summed E-state index contributed by atoms with van der Waals surface area (Å²) in [6, 6.07) is 6.12. The first-order valence-corrected chi connectivity index (χ1v) is 5.11. The van der Waals surface area contributed by atoms with Crippen LogP contribution in [0.3, 0.4) is 0 Å². The van der Waals surface area contributed by atoms with Gasteiger partial charge in [0.25, 0.3) is 5.69 Å². The van der Waals surface area contributed by atoms with E-state index in [2.05, 4.69) is 15.3 Å². The quantitative estimate of drug-likeness (QED) is 0.628. The van der Waals surface area contributed by atoms with Crippen LogP contribution in [-0.4, -0.2) is 14.9 Å². The largest absolute Gasteiger partial charge is 0.378 e. The number of H-pyrrole nitrogens is 1. The van der Waals surface area contributed by atoms with Gasteiger partial charge in [-0.05, 0) is 12.1 Å². The van der Waals surface area contributed by atoms with Crippen molar-refractivity contribution in [3.05, 3.63) is 52.1 Å². The number of aromatic nitrogens is 2. The zero-order valence-electron chi connectivity index (χ0n) is 9.25. The molecule has 0 aliphatic rings. The van der Waals surface area contributed by atoms with Crippen molar-refractivity contribution >= 4 is 11.4 Å². The first kappa shape index (κ1) is 11.6. The minimum atomic E-state index is -0.575. The van der Waals surface area contributed by atoms with Crippen molar-refractivity contribution in [2.45, 2.75) is 6.54 Å². The molecule has 0 unspecified atom stereocenters. The second-order valence-corrected chi connectivity index (χ2v) is 3.49. The number of nitrogens with zero attached hydrogens (tertiary/aromatic N) is 3. The van der Waals surface area contributed by atoms with Gasteiger partial charge in [-0.1, -0.05) is 0 Å². The molecule has 2 rings (SSSR count). The summed E-state index contributed by atoms with van der Waals surface area (Å²) in [7, 11) is 0. The number of anilines is 1. The fraction of sp³-hybridized carbons (Fsp3) is 0.0909. The Morgan fingerprint density at radius 2 is 2.39 bits per heavy atom. The van der Waals surface area contributed by atoms with E-state index in [1.165, 1.54) is 12.1 Å². The molecule has 1 heterocycles. The van der Waals surface area contributed by atoms with Gasteiger partial charge in [-0.25, -0.2) is 4.98 Å². The lowest BCUT2D eigenvalue weighted by Crippen LogP contribution is -2.02. The van der Waals surface area contributed by atoms with E-state index in [1.54, 1.807) is 24.5 Å². The molecule has 0 saturated heterocycles. The van der Waals surface area contributed by atoms with Crippen LogP contribution >= 0.6 is 0 Å². The first-order valence-electron chi connectivity index (χ1n) is 5.11. The van der Waals surface area contributed by atoms with Gasteiger partial charge in [0.15, 0.2) is 0 Å². The fourth-order valence-corrected chi connectivity index (χ4v) is 1.48. The highest BCUT2D eigenvalue weighted by atomic mass is 16.6. The Bertz CT molecular complexity index is 600. The van der Waals surface area contributed by atoms with E-state index in [0.29, 0.717) is 12.2 Å². The van der Waals surface area contributed by atoms with Crippen molar-refractivity contribution in [3.8, 4) is 6.07 Å². The Kier molecular flexibility index (Phi) is 3.20. The molecule has 0 saturated carbocycles. The molecule has 1 aromatic carbocycles. The smallest absolute Gasteiger partial charge is 0.287 e. The molecule has 0 fully saturated rings. The third-order valence-corrected chi connectivity index (χ3v) is 2.33. The molecule has 2 aromatic rings. The minimum Gasteiger partial charge on any atom is -0.378 e. The topological polar surface area (TPSA) is 108 Å². The van der Waals surface area contributed by atoms with Gasteiger partial charge >= 0.3 is 0 Å². The van der Waals surface area contributed by atoms with Crippen LogP contribution in [0.2, 0.25) is 0 Å². The van der Waals surface area contributed by atoms with Crippen molar-refractivity contribution < 1.29 is 4.92 Å². The molecular formula is C11H9N5O2. The standard InChI is InChI=1S/C11H9N5O2/c12-6-8-5-9(1-2-10(8)16(17)18)15-7-11-13-3-4-14-11/h1-5,15H,7H2,(H,13,14). The molecule has 90 valence electrons. The molecule has 18 heavy (non-hydrogen) atoms. The lowest BCUT2D eigenvalue weighted by Gasteiger charge is -2.04. The number of benzene rings is 1. The van der Waals surface area contributed by atoms with Gasteiger partial charge in [-0.15, -0.1) is 0 Å². The van der Waals surface area contributed by atoms with E-state index < -0.39 is 4.92 Å². The molecule has 0 bridgehead atoms. The zero-order valence-corrected chi connectivity index (χ0v) is 9.25. The lowest BCUT2D eigenvalue weighted by molar-refractivity contribution is -0.385. The number of hydrogen-bond donors (Lipinski definition) is 2. The average Bonchev–Trinajstić information content (AvgIpc) is 2.88. The molecule has 1 aromatic heterocycles. The third kappa shape index (κ3) is 2.44. The van der Waals surface area contributed by atoms with E-state index in [0.717, 1.165) is 5.82 Å². The number of rotatable bonds is 4. The molecule has 0 atom stereocenters. The Balaban J connectivity index is 2.15. The Hall–Kier alpha value is -2.88. The van der Waals surface area contributed by atoms with Crippen molar-refractivity contribution in [2.24, 2.45) is 0 Å². The van der Waals surface area contributed by atoms with Gasteiger partial charge < -0.3 is 10.3 Å². The van der Waals surface area contributed by atoms with E-state index >= 15 is 0 Å². The molecule has 0 amide bonds. The number of nitro groups is 1. The maximum Gasteiger partial charge on any atom is 0.287 e. The van der Waals surface area contributed by atoms with Crippen LogP contribution in [0.25, 0.3) is 0 Å². The second-order valence-electron chi connectivity index (χ2n) is 3.49. The van der Waals surface area contributed by atoms with Crippen LogP contribution in [0.15, 0.2) is 30.6 Å². The van der Waals surface area contributed by atoms with Crippen LogP contribution in [-0.2, 0) is 6.54 Å². The summed E-state index contributed by atoms with van der Waals surface area (Å²) in [4.78, 5) is 17.0. The summed E-state index contributed by atoms with van der Waals surface area (Å²) in [5.41, 5.74) is 0.471. The third-order valence-electron chi connectivity index (χ3n) is 2.33. The van der Waals surface area contributed by atoms with Crippen molar-refractivity contribution in [1.82, 2.24) is 9.97 Å². The van der Waals surface area contributed by atoms with Gasteiger partial charge in [0.1, 0.15) is 17.5 Å². The predicted octanol–water partition coefficient (Wildman–Crippen LogP) is 1.80. The van der Waals surface area contributed by atoms with E-state index in [1.807, 2.05) is 0 Å².